The van der Waals surface area contributed by atoms with E-state index < -0.39 is 6.04 Å². The maximum Gasteiger partial charge on any atom is 0.254 e. The molecule has 1 aliphatic heterocycles. The highest BCUT2D eigenvalue weighted by molar-refractivity contribution is 6.06. The number of rotatable bonds is 9. The largest absolute Gasteiger partial charge is 0.494 e. The number of benzene rings is 2. The van der Waals surface area contributed by atoms with E-state index in [4.69, 9.17) is 4.74 Å². The fourth-order valence-electron chi connectivity index (χ4n) is 3.48. The van der Waals surface area contributed by atoms with E-state index in [9.17, 15) is 9.59 Å². The van der Waals surface area contributed by atoms with Gasteiger partial charge in [0.05, 0.1) is 13.2 Å². The number of hydrogen-bond donors (Lipinski definition) is 1. The second kappa shape index (κ2) is 9.40. The summed E-state index contributed by atoms with van der Waals surface area (Å²) in [5, 5.41) is 2.76. The molecule has 0 radical (unpaired) electrons. The maximum atomic E-state index is 12.9. The SMILES string of the molecule is CCCCCCOc1ccc(CN2C(=O)[C@H](NC(C)=O)c3ccccc32)cc1. The average molecular weight is 380 g/mol. The van der Waals surface area contributed by atoms with Crippen molar-refractivity contribution in [3.63, 3.8) is 0 Å². The standard InChI is InChI=1S/C23H28N2O3/c1-3-4-5-8-15-28-19-13-11-18(12-14-19)16-25-21-10-7-6-9-20(21)22(23(25)27)24-17(2)26/h6-7,9-14,22H,3-5,8,15-16H2,1-2H3,(H,24,26)/t22-/m1/s1. The summed E-state index contributed by atoms with van der Waals surface area (Å²) in [6.45, 7) is 4.82. The minimum absolute atomic E-state index is 0.104. The van der Waals surface area contributed by atoms with Crippen LogP contribution in [0.3, 0.4) is 0 Å². The molecule has 0 saturated carbocycles. The molecule has 5 nitrogen and oxygen atoms in total. The van der Waals surface area contributed by atoms with Gasteiger partial charge < -0.3 is 15.0 Å². The highest BCUT2D eigenvalue weighted by atomic mass is 16.5. The predicted molar refractivity (Wildman–Crippen MR) is 110 cm³/mol. The molecule has 2 aromatic rings. The molecule has 0 aliphatic carbocycles. The molecule has 0 spiro atoms. The Morgan fingerprint density at radius 2 is 1.82 bits per heavy atom. The third-order valence-corrected chi connectivity index (χ3v) is 4.93. The zero-order valence-corrected chi connectivity index (χ0v) is 16.6. The number of carbonyl (C=O) groups excluding carboxylic acids is 2. The number of anilines is 1. The van der Waals surface area contributed by atoms with Crippen molar-refractivity contribution in [2.24, 2.45) is 0 Å². The highest BCUT2D eigenvalue weighted by Gasteiger charge is 2.37. The van der Waals surface area contributed by atoms with Gasteiger partial charge in [-0.25, -0.2) is 0 Å². The van der Waals surface area contributed by atoms with Crippen LogP contribution < -0.4 is 15.0 Å². The molecular weight excluding hydrogens is 352 g/mol. The third kappa shape index (κ3) is 4.71. The Bertz CT molecular complexity index is 817. The Morgan fingerprint density at radius 3 is 2.54 bits per heavy atom. The van der Waals surface area contributed by atoms with E-state index in [1.54, 1.807) is 4.90 Å². The number of hydrogen-bond acceptors (Lipinski definition) is 3. The molecule has 2 amide bonds. The minimum Gasteiger partial charge on any atom is -0.494 e. The lowest BCUT2D eigenvalue weighted by atomic mass is 10.1. The number of nitrogens with zero attached hydrogens (tertiary/aromatic N) is 1. The third-order valence-electron chi connectivity index (χ3n) is 4.93. The van der Waals surface area contributed by atoms with E-state index in [0.717, 1.165) is 35.6 Å². The summed E-state index contributed by atoms with van der Waals surface area (Å²) in [5.41, 5.74) is 2.71. The first kappa shape index (κ1) is 19.9. The molecule has 0 bridgehead atoms. The molecule has 28 heavy (non-hydrogen) atoms. The summed E-state index contributed by atoms with van der Waals surface area (Å²) in [5.74, 6) is 0.535. The average Bonchev–Trinajstić information content (AvgIpc) is 2.95. The zero-order valence-electron chi connectivity index (χ0n) is 16.6. The Morgan fingerprint density at radius 1 is 1.07 bits per heavy atom. The van der Waals surface area contributed by atoms with Crippen LogP contribution in [0.25, 0.3) is 0 Å². The maximum absolute atomic E-state index is 12.9. The van der Waals surface area contributed by atoms with Crippen molar-refractivity contribution in [1.82, 2.24) is 5.32 Å². The molecular formula is C23H28N2O3. The molecule has 5 heteroatoms. The molecule has 1 N–H and O–H groups in total. The molecule has 1 aliphatic rings. The van der Waals surface area contributed by atoms with Crippen LogP contribution >= 0.6 is 0 Å². The molecule has 0 unspecified atom stereocenters. The molecule has 2 aromatic carbocycles. The van der Waals surface area contributed by atoms with Gasteiger partial charge in [0.25, 0.3) is 5.91 Å². The molecule has 0 fully saturated rings. The van der Waals surface area contributed by atoms with Gasteiger partial charge in [0.2, 0.25) is 5.91 Å². The topological polar surface area (TPSA) is 58.6 Å². The van der Waals surface area contributed by atoms with Crippen molar-refractivity contribution >= 4 is 17.5 Å². The Hall–Kier alpha value is -2.82. The number of para-hydroxylation sites is 1. The van der Waals surface area contributed by atoms with Gasteiger partial charge in [-0.3, -0.25) is 9.59 Å². The normalized spacial score (nSPS) is 15.4. The van der Waals surface area contributed by atoms with Crippen LogP contribution in [0.15, 0.2) is 48.5 Å². The van der Waals surface area contributed by atoms with Crippen LogP contribution in [0.2, 0.25) is 0 Å². The van der Waals surface area contributed by atoms with Crippen LogP contribution in [0.4, 0.5) is 5.69 Å². The molecule has 0 aromatic heterocycles. The number of amides is 2. The molecule has 0 saturated heterocycles. The molecule has 148 valence electrons. The van der Waals surface area contributed by atoms with Crippen LogP contribution in [0.5, 0.6) is 5.75 Å². The van der Waals surface area contributed by atoms with Crippen molar-refractivity contribution in [3.8, 4) is 5.75 Å². The number of carbonyl (C=O) groups is 2. The van der Waals surface area contributed by atoms with Gasteiger partial charge in [-0.15, -0.1) is 0 Å². The number of fused-ring (bicyclic) bond motifs is 1. The lowest BCUT2D eigenvalue weighted by molar-refractivity contribution is -0.126. The van der Waals surface area contributed by atoms with E-state index >= 15 is 0 Å². The van der Waals surface area contributed by atoms with E-state index in [-0.39, 0.29) is 11.8 Å². The fourth-order valence-corrected chi connectivity index (χ4v) is 3.48. The Labute approximate surface area is 166 Å². The first-order chi connectivity index (χ1) is 13.6. The highest BCUT2D eigenvalue weighted by Crippen LogP contribution is 2.36. The molecule has 3 rings (SSSR count). The van der Waals surface area contributed by atoms with Crippen molar-refractivity contribution in [2.75, 3.05) is 11.5 Å². The van der Waals surface area contributed by atoms with Gasteiger partial charge in [-0.05, 0) is 30.2 Å². The lowest BCUT2D eigenvalue weighted by Gasteiger charge is -2.18. The van der Waals surface area contributed by atoms with Crippen LogP contribution in [-0.2, 0) is 16.1 Å². The minimum atomic E-state index is -0.612. The summed E-state index contributed by atoms with van der Waals surface area (Å²) in [7, 11) is 0. The van der Waals surface area contributed by atoms with E-state index in [0.29, 0.717) is 6.54 Å². The summed E-state index contributed by atoms with van der Waals surface area (Å²) >= 11 is 0. The van der Waals surface area contributed by atoms with E-state index in [1.807, 2.05) is 48.5 Å². The predicted octanol–water partition coefficient (Wildman–Crippen LogP) is 4.37. The number of ether oxygens (including phenoxy) is 1. The monoisotopic (exact) mass is 380 g/mol. The van der Waals surface area contributed by atoms with E-state index in [2.05, 4.69) is 12.2 Å². The zero-order chi connectivity index (χ0) is 19.9. The van der Waals surface area contributed by atoms with Crippen LogP contribution in [-0.4, -0.2) is 18.4 Å². The van der Waals surface area contributed by atoms with E-state index in [1.165, 1.54) is 26.2 Å². The second-order valence-electron chi connectivity index (χ2n) is 7.17. The summed E-state index contributed by atoms with van der Waals surface area (Å²) < 4.78 is 5.79. The number of unbranched alkanes of at least 4 members (excludes halogenated alkanes) is 3. The van der Waals surface area contributed by atoms with Gasteiger partial charge >= 0.3 is 0 Å². The van der Waals surface area contributed by atoms with Crippen LogP contribution in [0.1, 0.15) is 56.7 Å². The summed E-state index contributed by atoms with van der Waals surface area (Å²) in [6.07, 6.45) is 4.72. The molecule has 1 atom stereocenters. The number of nitrogens with one attached hydrogen (secondary N) is 1. The lowest BCUT2D eigenvalue weighted by Crippen LogP contribution is -2.36. The first-order valence-electron chi connectivity index (χ1n) is 9.99. The van der Waals surface area contributed by atoms with Crippen molar-refractivity contribution in [3.05, 3.63) is 59.7 Å². The summed E-state index contributed by atoms with van der Waals surface area (Å²) in [4.78, 5) is 26.1. The van der Waals surface area contributed by atoms with Gasteiger partial charge in [0.1, 0.15) is 11.8 Å². The Kier molecular flexibility index (Phi) is 6.69. The molecule has 1 heterocycles. The Balaban J connectivity index is 1.65. The van der Waals surface area contributed by atoms with Crippen molar-refractivity contribution < 1.29 is 14.3 Å². The fraction of sp³-hybridized carbons (Fsp3) is 0.391. The van der Waals surface area contributed by atoms with Crippen LogP contribution in [0, 0.1) is 0 Å². The second-order valence-corrected chi connectivity index (χ2v) is 7.17. The summed E-state index contributed by atoms with van der Waals surface area (Å²) in [6, 6.07) is 14.9. The van der Waals surface area contributed by atoms with Gasteiger partial charge in [0.15, 0.2) is 0 Å². The van der Waals surface area contributed by atoms with Crippen molar-refractivity contribution in [1.29, 1.82) is 0 Å². The quantitative estimate of drug-likeness (QED) is 0.657. The first-order valence-corrected chi connectivity index (χ1v) is 9.99. The van der Waals surface area contributed by atoms with Crippen molar-refractivity contribution in [2.45, 2.75) is 52.1 Å². The smallest absolute Gasteiger partial charge is 0.254 e. The van der Waals surface area contributed by atoms with Gasteiger partial charge in [-0.2, -0.15) is 0 Å². The van der Waals surface area contributed by atoms with Gasteiger partial charge in [-0.1, -0.05) is 56.5 Å². The van der Waals surface area contributed by atoms with Gasteiger partial charge in [0, 0.05) is 18.2 Å².